The largest absolute Gasteiger partial charge is 0.382 e. The van der Waals surface area contributed by atoms with Crippen LogP contribution in [0.2, 0.25) is 0 Å². The molecule has 2 unspecified atom stereocenters. The summed E-state index contributed by atoms with van der Waals surface area (Å²) in [6.45, 7) is 7.12. The van der Waals surface area contributed by atoms with Gasteiger partial charge < -0.3 is 5.32 Å². The lowest BCUT2D eigenvalue weighted by atomic mass is 9.69. The van der Waals surface area contributed by atoms with Gasteiger partial charge in [0.2, 0.25) is 0 Å². The summed E-state index contributed by atoms with van der Waals surface area (Å²) in [6, 6.07) is 7.06. The third-order valence-electron chi connectivity index (χ3n) is 4.67. The van der Waals surface area contributed by atoms with Crippen molar-refractivity contribution in [2.45, 2.75) is 52.5 Å². The van der Waals surface area contributed by atoms with Crippen molar-refractivity contribution in [1.82, 2.24) is 10.2 Å². The van der Waals surface area contributed by atoms with Gasteiger partial charge in [0, 0.05) is 17.1 Å². The second kappa shape index (κ2) is 5.12. The van der Waals surface area contributed by atoms with E-state index in [2.05, 4.69) is 54.5 Å². The maximum absolute atomic E-state index is 4.09. The van der Waals surface area contributed by atoms with Crippen molar-refractivity contribution in [2.24, 2.45) is 11.3 Å². The average Bonchev–Trinajstić information content (AvgIpc) is 2.85. The smallest absolute Gasteiger partial charge is 0.0651 e. The Balaban J connectivity index is 1.80. The fourth-order valence-corrected chi connectivity index (χ4v) is 3.59. The highest BCUT2D eigenvalue weighted by Gasteiger charge is 2.33. The van der Waals surface area contributed by atoms with E-state index in [4.69, 9.17) is 0 Å². The summed E-state index contributed by atoms with van der Waals surface area (Å²) in [5, 5.41) is 12.1. The number of rotatable bonds is 2. The van der Waals surface area contributed by atoms with Crippen LogP contribution in [0.1, 0.15) is 46.5 Å². The van der Waals surface area contributed by atoms with Gasteiger partial charge in [-0.05, 0) is 42.4 Å². The maximum atomic E-state index is 4.09. The number of hydrogen-bond donors (Lipinski definition) is 2. The molecular weight excluding hydrogens is 246 g/mol. The topological polar surface area (TPSA) is 40.7 Å². The van der Waals surface area contributed by atoms with E-state index in [1.807, 2.05) is 6.20 Å². The maximum Gasteiger partial charge on any atom is 0.0651 e. The standard InChI is InChI=1S/C17H25N3/c1-17(2,3)14-6-4-5-7-16(14)19-13-8-9-15-12(10-13)11-18-20-15/h8-11,14,16,19H,4-7H2,1-3H3,(H,18,20). The Bertz CT molecular complexity index is 579. The molecule has 3 heteroatoms. The van der Waals surface area contributed by atoms with Gasteiger partial charge in [0.05, 0.1) is 11.7 Å². The summed E-state index contributed by atoms with van der Waals surface area (Å²) in [4.78, 5) is 0. The summed E-state index contributed by atoms with van der Waals surface area (Å²) < 4.78 is 0. The molecule has 1 saturated carbocycles. The van der Waals surface area contributed by atoms with Crippen LogP contribution in [0.5, 0.6) is 0 Å². The fraction of sp³-hybridized carbons (Fsp3) is 0.588. The summed E-state index contributed by atoms with van der Waals surface area (Å²) in [6.07, 6.45) is 7.24. The Morgan fingerprint density at radius 2 is 2.00 bits per heavy atom. The third-order valence-corrected chi connectivity index (χ3v) is 4.67. The van der Waals surface area contributed by atoms with E-state index in [0.717, 1.165) is 11.4 Å². The van der Waals surface area contributed by atoms with Crippen LogP contribution in [-0.2, 0) is 0 Å². The van der Waals surface area contributed by atoms with Crippen LogP contribution >= 0.6 is 0 Å². The zero-order chi connectivity index (χ0) is 14.2. The fourth-order valence-electron chi connectivity index (χ4n) is 3.59. The van der Waals surface area contributed by atoms with Crippen molar-refractivity contribution in [2.75, 3.05) is 5.32 Å². The molecule has 0 aliphatic heterocycles. The second-order valence-corrected chi connectivity index (χ2v) is 7.18. The highest BCUT2D eigenvalue weighted by molar-refractivity contribution is 5.81. The SMILES string of the molecule is CC(C)(C)C1CCCCC1Nc1ccc2[nH]ncc2c1. The van der Waals surface area contributed by atoms with Crippen LogP contribution in [-0.4, -0.2) is 16.2 Å². The molecule has 3 rings (SSSR count). The predicted octanol–water partition coefficient (Wildman–Crippen LogP) is 4.58. The molecule has 1 aliphatic rings. The van der Waals surface area contributed by atoms with Crippen molar-refractivity contribution in [3.05, 3.63) is 24.4 Å². The molecule has 2 N–H and O–H groups in total. The summed E-state index contributed by atoms with van der Waals surface area (Å²) in [5.74, 6) is 0.747. The van der Waals surface area contributed by atoms with Gasteiger partial charge in [-0.25, -0.2) is 0 Å². The number of aromatic amines is 1. The molecule has 108 valence electrons. The van der Waals surface area contributed by atoms with Crippen molar-refractivity contribution < 1.29 is 0 Å². The quantitative estimate of drug-likeness (QED) is 0.839. The van der Waals surface area contributed by atoms with Crippen LogP contribution in [0.3, 0.4) is 0 Å². The first kappa shape index (κ1) is 13.5. The van der Waals surface area contributed by atoms with E-state index < -0.39 is 0 Å². The molecular formula is C17H25N3. The van der Waals surface area contributed by atoms with Gasteiger partial charge in [-0.15, -0.1) is 0 Å². The normalized spacial score (nSPS) is 23.9. The van der Waals surface area contributed by atoms with Crippen LogP contribution in [0.4, 0.5) is 5.69 Å². The second-order valence-electron chi connectivity index (χ2n) is 7.18. The summed E-state index contributed by atoms with van der Waals surface area (Å²) in [5.41, 5.74) is 2.70. The Kier molecular flexibility index (Phi) is 3.45. The van der Waals surface area contributed by atoms with Gasteiger partial charge in [0.25, 0.3) is 0 Å². The first-order valence-electron chi connectivity index (χ1n) is 7.74. The Hall–Kier alpha value is -1.51. The molecule has 1 fully saturated rings. The molecule has 20 heavy (non-hydrogen) atoms. The van der Waals surface area contributed by atoms with Gasteiger partial charge in [0.15, 0.2) is 0 Å². The van der Waals surface area contributed by atoms with Gasteiger partial charge in [0.1, 0.15) is 0 Å². The third kappa shape index (κ3) is 2.67. The summed E-state index contributed by atoms with van der Waals surface area (Å²) >= 11 is 0. The van der Waals surface area contributed by atoms with Crippen molar-refractivity contribution in [1.29, 1.82) is 0 Å². The molecule has 2 aromatic rings. The minimum atomic E-state index is 0.373. The van der Waals surface area contributed by atoms with E-state index >= 15 is 0 Å². The van der Waals surface area contributed by atoms with Crippen LogP contribution in [0, 0.1) is 11.3 Å². The highest BCUT2D eigenvalue weighted by atomic mass is 15.1. The zero-order valence-corrected chi connectivity index (χ0v) is 12.7. The first-order chi connectivity index (χ1) is 9.54. The Labute approximate surface area is 121 Å². The van der Waals surface area contributed by atoms with E-state index in [0.29, 0.717) is 11.5 Å². The Morgan fingerprint density at radius 3 is 2.80 bits per heavy atom. The van der Waals surface area contributed by atoms with Crippen molar-refractivity contribution in [3.63, 3.8) is 0 Å². The van der Waals surface area contributed by atoms with E-state index in [9.17, 15) is 0 Å². The molecule has 0 spiro atoms. The molecule has 0 amide bonds. The number of nitrogens with zero attached hydrogens (tertiary/aromatic N) is 1. The van der Waals surface area contributed by atoms with Crippen LogP contribution < -0.4 is 5.32 Å². The number of H-pyrrole nitrogens is 1. The number of fused-ring (bicyclic) bond motifs is 1. The number of nitrogens with one attached hydrogen (secondary N) is 2. The molecule has 1 aromatic carbocycles. The highest BCUT2D eigenvalue weighted by Crippen LogP contribution is 2.39. The molecule has 0 radical (unpaired) electrons. The first-order valence-corrected chi connectivity index (χ1v) is 7.74. The molecule has 1 aromatic heterocycles. The molecule has 3 nitrogen and oxygen atoms in total. The van der Waals surface area contributed by atoms with E-state index in [-0.39, 0.29) is 0 Å². The van der Waals surface area contributed by atoms with Crippen LogP contribution in [0.15, 0.2) is 24.4 Å². The lowest BCUT2D eigenvalue weighted by Gasteiger charge is -2.41. The van der Waals surface area contributed by atoms with Gasteiger partial charge in [-0.1, -0.05) is 33.6 Å². The minimum Gasteiger partial charge on any atom is -0.382 e. The number of benzene rings is 1. The monoisotopic (exact) mass is 271 g/mol. The predicted molar refractivity (Wildman–Crippen MR) is 84.9 cm³/mol. The van der Waals surface area contributed by atoms with Crippen LogP contribution in [0.25, 0.3) is 10.9 Å². The lowest BCUT2D eigenvalue weighted by molar-refractivity contribution is 0.163. The van der Waals surface area contributed by atoms with Crippen molar-refractivity contribution in [3.8, 4) is 0 Å². The molecule has 0 saturated heterocycles. The van der Waals surface area contributed by atoms with E-state index in [1.165, 1.54) is 36.8 Å². The molecule has 1 aliphatic carbocycles. The zero-order valence-electron chi connectivity index (χ0n) is 12.7. The molecule has 1 heterocycles. The molecule has 0 bridgehead atoms. The summed E-state index contributed by atoms with van der Waals surface area (Å²) in [7, 11) is 0. The minimum absolute atomic E-state index is 0.373. The van der Waals surface area contributed by atoms with Gasteiger partial charge in [-0.3, -0.25) is 5.10 Å². The number of aromatic nitrogens is 2. The van der Waals surface area contributed by atoms with Gasteiger partial charge >= 0.3 is 0 Å². The van der Waals surface area contributed by atoms with E-state index in [1.54, 1.807) is 0 Å². The average molecular weight is 271 g/mol. The lowest BCUT2D eigenvalue weighted by Crippen LogP contribution is -2.39. The number of hydrogen-bond acceptors (Lipinski definition) is 2. The van der Waals surface area contributed by atoms with Crippen molar-refractivity contribution >= 4 is 16.6 Å². The Morgan fingerprint density at radius 1 is 1.20 bits per heavy atom. The molecule has 2 atom stereocenters. The van der Waals surface area contributed by atoms with Gasteiger partial charge in [-0.2, -0.15) is 5.10 Å². The number of anilines is 1.